The van der Waals surface area contributed by atoms with Crippen LogP contribution in [0.2, 0.25) is 0 Å². The molecule has 14 heteroatoms. The van der Waals surface area contributed by atoms with Crippen molar-refractivity contribution >= 4 is 14.6 Å². The van der Waals surface area contributed by atoms with Crippen LogP contribution in [0.25, 0.3) is 0 Å². The van der Waals surface area contributed by atoms with E-state index in [1.54, 1.807) is 0 Å². The molecule has 0 aliphatic carbocycles. The standard InChI is InChI=1S/2BO3.3Cs.3Rb/c2*2-1(3)4;;;;;;/q2*-3;6*+1. The van der Waals surface area contributed by atoms with Gasteiger partial charge in [0.05, 0.1) is 0 Å². The van der Waals surface area contributed by atoms with Crippen LogP contribution < -0.4 is 411 Å². The molecule has 0 aromatic rings. The molecule has 0 aromatic carbocycles. The summed E-state index contributed by atoms with van der Waals surface area (Å²) in [5.41, 5.74) is 0. The van der Waals surface area contributed by atoms with Crippen LogP contribution in [-0.4, -0.2) is 14.6 Å². The van der Waals surface area contributed by atoms with E-state index in [0.717, 1.165) is 0 Å². The summed E-state index contributed by atoms with van der Waals surface area (Å²) in [6, 6.07) is 0. The van der Waals surface area contributed by atoms with Crippen molar-refractivity contribution in [2.45, 2.75) is 0 Å². The second-order valence-electron chi connectivity index (χ2n) is 0.577. The fourth-order valence-electron chi connectivity index (χ4n) is 0. The SMILES string of the molecule is [Cs+].[Cs+].[Cs+].[O-]B([O-])[O-].[O-]B([O-])[O-].[Rb+].[Rb+].[Rb+]. The quantitative estimate of drug-likeness (QED) is 0.225. The Hall–Kier alpha value is 11.5. The molecule has 0 unspecified atom stereocenters. The van der Waals surface area contributed by atoms with Crippen LogP contribution in [0.5, 0.6) is 0 Å². The second kappa shape index (κ2) is 44.2. The van der Waals surface area contributed by atoms with Gasteiger partial charge in [-0.25, -0.2) is 0 Å². The summed E-state index contributed by atoms with van der Waals surface area (Å²) >= 11 is 0. The zero-order valence-electron chi connectivity index (χ0n) is 9.60. The minimum absolute atomic E-state index is 0. The van der Waals surface area contributed by atoms with Crippen LogP contribution in [0.4, 0.5) is 0 Å². The van der Waals surface area contributed by atoms with E-state index in [1.165, 1.54) is 0 Å². The third-order valence-corrected chi connectivity index (χ3v) is 0. The molecule has 0 fully saturated rings. The van der Waals surface area contributed by atoms with Crippen LogP contribution in [0.1, 0.15) is 0 Å². The summed E-state index contributed by atoms with van der Waals surface area (Å²) in [6.07, 6.45) is 0. The van der Waals surface area contributed by atoms with Crippen molar-refractivity contribution in [3.63, 3.8) is 0 Å². The van der Waals surface area contributed by atoms with Gasteiger partial charge in [0.2, 0.25) is 0 Å². The van der Waals surface area contributed by atoms with E-state index in [0.29, 0.717) is 0 Å². The molecular weight excluding hydrogens is 773 g/mol. The number of rotatable bonds is 0. The smallest absolute Gasteiger partial charge is 0.907 e. The zero-order chi connectivity index (χ0) is 7.15. The Morgan fingerprint density at radius 1 is 0.429 bits per heavy atom. The Balaban J connectivity index is -0.00000000600. The molecule has 0 radical (unpaired) electrons. The number of hydrogen-bond donors (Lipinski definition) is 0. The number of hydrogen-bond acceptors (Lipinski definition) is 6. The molecule has 0 saturated carbocycles. The van der Waals surface area contributed by atoms with Crippen LogP contribution in [0.15, 0.2) is 0 Å². The van der Waals surface area contributed by atoms with Gasteiger partial charge in [-0.1, -0.05) is 0 Å². The average molecular weight is 773 g/mol. The van der Waals surface area contributed by atoms with Gasteiger partial charge in [-0.2, -0.15) is 0 Å². The Morgan fingerprint density at radius 3 is 0.429 bits per heavy atom. The van der Waals surface area contributed by atoms with Gasteiger partial charge >= 0.3 is 381 Å². The van der Waals surface area contributed by atoms with Gasteiger partial charge in [0.15, 0.2) is 0 Å². The zero-order valence-corrected chi connectivity index (χ0v) is 43.2. The molecule has 6 nitrogen and oxygen atoms in total. The summed E-state index contributed by atoms with van der Waals surface area (Å²) in [5.74, 6) is 0. The summed E-state index contributed by atoms with van der Waals surface area (Å²) in [7, 11) is -5.83. The maximum absolute atomic E-state index is 8.42. The van der Waals surface area contributed by atoms with E-state index < -0.39 is 14.6 Å². The van der Waals surface area contributed by atoms with Crippen molar-refractivity contribution in [1.29, 1.82) is 0 Å². The maximum Gasteiger partial charge on any atom is 1.00 e. The molecule has 0 aliphatic rings. The molecular formula is B2Cs3O6Rb3. The van der Waals surface area contributed by atoms with Gasteiger partial charge in [0, 0.05) is 0 Å². The van der Waals surface area contributed by atoms with Gasteiger partial charge in [0.25, 0.3) is 0 Å². The molecule has 0 bridgehead atoms. The van der Waals surface area contributed by atoms with Crippen LogP contribution in [-0.2, 0) is 0 Å². The first-order chi connectivity index (χ1) is 3.46. The summed E-state index contributed by atoms with van der Waals surface area (Å²) in [6.45, 7) is 0. The molecule has 0 rings (SSSR count). The molecule has 48 valence electrons. The molecule has 0 aromatic heterocycles. The monoisotopic (exact) mass is 771 g/mol. The first-order valence-electron chi connectivity index (χ1n) is 1.41. The Bertz CT molecular complexity index is 41.8. The summed E-state index contributed by atoms with van der Waals surface area (Å²) in [5, 5.41) is 50.5. The molecule has 0 spiro atoms. The van der Waals surface area contributed by atoms with E-state index in [-0.39, 0.29) is 381 Å². The van der Waals surface area contributed by atoms with Gasteiger partial charge in [-0.05, 0) is 0 Å². The fourth-order valence-corrected chi connectivity index (χ4v) is 0. The van der Waals surface area contributed by atoms with Crippen LogP contribution in [0.3, 0.4) is 0 Å². The van der Waals surface area contributed by atoms with Crippen molar-refractivity contribution in [3.8, 4) is 0 Å². The van der Waals surface area contributed by atoms with Crippen molar-refractivity contribution in [2.75, 3.05) is 0 Å². The summed E-state index contributed by atoms with van der Waals surface area (Å²) < 4.78 is 0. The predicted molar refractivity (Wildman–Crippen MR) is 11.5 cm³/mol. The third-order valence-electron chi connectivity index (χ3n) is 0. The third kappa shape index (κ3) is 90.1. The largest absolute Gasteiger partial charge is 1.00 e. The average Bonchev–Trinajstić information content (AvgIpc) is 1.25. The van der Waals surface area contributed by atoms with Crippen LogP contribution in [0, 0.1) is 0 Å². The van der Waals surface area contributed by atoms with E-state index in [4.69, 9.17) is 30.1 Å². The van der Waals surface area contributed by atoms with Gasteiger partial charge in [0.1, 0.15) is 0 Å². The predicted octanol–water partition coefficient (Wildman–Crippen LogP) is -25.9. The normalized spacial score (nSPS) is 3.86. The van der Waals surface area contributed by atoms with Crippen molar-refractivity contribution in [2.24, 2.45) is 0 Å². The van der Waals surface area contributed by atoms with E-state index in [1.807, 2.05) is 0 Å². The maximum atomic E-state index is 8.42. The summed E-state index contributed by atoms with van der Waals surface area (Å²) in [4.78, 5) is 0. The minimum atomic E-state index is -2.92. The van der Waals surface area contributed by atoms with Crippen molar-refractivity contribution in [3.05, 3.63) is 0 Å². The molecule has 0 saturated heterocycles. The molecule has 0 atom stereocenters. The Morgan fingerprint density at radius 2 is 0.429 bits per heavy atom. The Kier molecular flexibility index (Phi) is 158. The fraction of sp³-hybridized carbons (Fsp3) is 0. The molecule has 0 N–H and O–H groups in total. The van der Waals surface area contributed by atoms with Crippen LogP contribution >= 0.6 is 0 Å². The second-order valence-corrected chi connectivity index (χ2v) is 0.577. The van der Waals surface area contributed by atoms with E-state index >= 15 is 0 Å². The van der Waals surface area contributed by atoms with Gasteiger partial charge < -0.3 is 30.1 Å². The molecule has 14 heavy (non-hydrogen) atoms. The topological polar surface area (TPSA) is 138 Å². The van der Waals surface area contributed by atoms with E-state index in [9.17, 15) is 0 Å². The molecule has 0 aliphatic heterocycles. The van der Waals surface area contributed by atoms with E-state index in [2.05, 4.69) is 0 Å². The van der Waals surface area contributed by atoms with Crippen molar-refractivity contribution < 1.29 is 411 Å². The van der Waals surface area contributed by atoms with Gasteiger partial charge in [-0.3, -0.25) is 14.6 Å². The first kappa shape index (κ1) is 50.0. The molecule has 0 heterocycles. The van der Waals surface area contributed by atoms with Crippen molar-refractivity contribution in [1.82, 2.24) is 0 Å². The van der Waals surface area contributed by atoms with Gasteiger partial charge in [-0.15, -0.1) is 0 Å². The molecule has 0 amide bonds. The minimum Gasteiger partial charge on any atom is -0.907 e. The first-order valence-corrected chi connectivity index (χ1v) is 1.41. The Labute approximate surface area is 408 Å².